The van der Waals surface area contributed by atoms with Crippen molar-refractivity contribution in [3.8, 4) is 23.3 Å². The van der Waals surface area contributed by atoms with Gasteiger partial charge in [0, 0.05) is 24.1 Å². The summed E-state index contributed by atoms with van der Waals surface area (Å²) in [5, 5.41) is 11.7. The number of nitrogens with one attached hydrogen (secondary N) is 1. The van der Waals surface area contributed by atoms with E-state index in [0.29, 0.717) is 24.5 Å². The average molecular weight is 380 g/mol. The Morgan fingerprint density at radius 3 is 2.79 bits per heavy atom. The highest BCUT2D eigenvalue weighted by molar-refractivity contribution is 5.80. The monoisotopic (exact) mass is 380 g/mol. The molecule has 0 aromatic heterocycles. The second-order valence-corrected chi connectivity index (χ2v) is 6.75. The van der Waals surface area contributed by atoms with E-state index in [2.05, 4.69) is 5.32 Å². The van der Waals surface area contributed by atoms with Crippen LogP contribution in [0.2, 0.25) is 0 Å². The smallest absolute Gasteiger partial charge is 0.261 e. The summed E-state index contributed by atoms with van der Waals surface area (Å²) in [5.41, 5.74) is 2.54. The molecule has 0 saturated heterocycles. The van der Waals surface area contributed by atoms with Gasteiger partial charge in [0.1, 0.15) is 23.4 Å². The first-order valence-corrected chi connectivity index (χ1v) is 9.40. The zero-order chi connectivity index (χ0) is 20.1. The van der Waals surface area contributed by atoms with E-state index in [9.17, 15) is 4.79 Å². The topological polar surface area (TPSA) is 80.6 Å². The Morgan fingerprint density at radius 2 is 2.11 bits per heavy atom. The average Bonchev–Trinajstić information content (AvgIpc) is 3.05. The molecule has 0 aliphatic carbocycles. The molecular formula is C22H24N2O4. The normalized spacial score (nSPS) is 15.7. The van der Waals surface area contributed by atoms with Crippen LogP contribution in [0.1, 0.15) is 37.5 Å². The van der Waals surface area contributed by atoms with Gasteiger partial charge in [-0.25, -0.2) is 0 Å². The summed E-state index contributed by atoms with van der Waals surface area (Å²) in [4.78, 5) is 12.4. The van der Waals surface area contributed by atoms with Crippen LogP contribution in [0.4, 0.5) is 0 Å². The Balaban J connectivity index is 1.63. The first-order valence-electron chi connectivity index (χ1n) is 9.40. The molecule has 0 radical (unpaired) electrons. The molecule has 2 atom stereocenters. The van der Waals surface area contributed by atoms with Crippen LogP contribution in [0, 0.1) is 11.3 Å². The van der Waals surface area contributed by atoms with Crippen LogP contribution >= 0.6 is 0 Å². The molecule has 0 saturated carbocycles. The number of hydrogen-bond acceptors (Lipinski definition) is 5. The number of fused-ring (bicyclic) bond motifs is 1. The van der Waals surface area contributed by atoms with Gasteiger partial charge in [0.2, 0.25) is 0 Å². The summed E-state index contributed by atoms with van der Waals surface area (Å²) < 4.78 is 17.2. The Kier molecular flexibility index (Phi) is 6.05. The Hall–Kier alpha value is -3.20. The van der Waals surface area contributed by atoms with E-state index in [-0.39, 0.29) is 12.0 Å². The number of benzene rings is 2. The summed E-state index contributed by atoms with van der Waals surface area (Å²) in [6.07, 6.45) is 0.335. The summed E-state index contributed by atoms with van der Waals surface area (Å²) in [7, 11) is 0. The lowest BCUT2D eigenvalue weighted by Crippen LogP contribution is -2.36. The maximum atomic E-state index is 12.4. The van der Waals surface area contributed by atoms with Crippen molar-refractivity contribution < 1.29 is 19.0 Å². The van der Waals surface area contributed by atoms with Crippen molar-refractivity contribution >= 4 is 5.91 Å². The van der Waals surface area contributed by atoms with Gasteiger partial charge in [-0.2, -0.15) is 5.26 Å². The molecule has 0 bridgehead atoms. The second kappa shape index (κ2) is 8.66. The number of amides is 1. The van der Waals surface area contributed by atoms with Crippen molar-refractivity contribution in [3.05, 3.63) is 53.1 Å². The summed E-state index contributed by atoms with van der Waals surface area (Å²) in [6.45, 7) is 6.52. The van der Waals surface area contributed by atoms with Gasteiger partial charge in [-0.3, -0.25) is 4.79 Å². The van der Waals surface area contributed by atoms with Crippen molar-refractivity contribution in [2.24, 2.45) is 0 Å². The molecule has 2 unspecified atom stereocenters. The fourth-order valence-corrected chi connectivity index (χ4v) is 3.10. The second-order valence-electron chi connectivity index (χ2n) is 6.75. The molecule has 1 amide bonds. The fraction of sp³-hybridized carbons (Fsp3) is 0.364. The van der Waals surface area contributed by atoms with Crippen molar-refractivity contribution in [3.63, 3.8) is 0 Å². The van der Waals surface area contributed by atoms with Gasteiger partial charge in [-0.15, -0.1) is 0 Å². The SMILES string of the molecule is CCOc1cc2c(cc1CNC(=O)C(C)Oc1ccc(C#N)cc1)OC(C)C2. The van der Waals surface area contributed by atoms with Crippen LogP contribution in [0.25, 0.3) is 0 Å². The van der Waals surface area contributed by atoms with Crippen LogP contribution in [-0.2, 0) is 17.8 Å². The van der Waals surface area contributed by atoms with E-state index >= 15 is 0 Å². The summed E-state index contributed by atoms with van der Waals surface area (Å²) in [6, 6.07) is 12.6. The maximum absolute atomic E-state index is 12.4. The molecule has 3 rings (SSSR count). The molecule has 6 nitrogen and oxygen atoms in total. The molecule has 146 valence electrons. The van der Waals surface area contributed by atoms with Gasteiger partial charge in [0.15, 0.2) is 6.10 Å². The predicted octanol–water partition coefficient (Wildman–Crippen LogP) is 3.36. The van der Waals surface area contributed by atoms with Crippen molar-refractivity contribution in [1.29, 1.82) is 5.26 Å². The van der Waals surface area contributed by atoms with Crippen molar-refractivity contribution in [1.82, 2.24) is 5.32 Å². The lowest BCUT2D eigenvalue weighted by atomic mass is 10.1. The highest BCUT2D eigenvalue weighted by Gasteiger charge is 2.22. The van der Waals surface area contributed by atoms with E-state index in [0.717, 1.165) is 29.0 Å². The third-order valence-corrected chi connectivity index (χ3v) is 4.50. The summed E-state index contributed by atoms with van der Waals surface area (Å²) in [5.74, 6) is 1.92. The van der Waals surface area contributed by atoms with E-state index in [1.807, 2.05) is 32.0 Å². The number of nitriles is 1. The molecule has 28 heavy (non-hydrogen) atoms. The third kappa shape index (κ3) is 4.55. The van der Waals surface area contributed by atoms with E-state index in [4.69, 9.17) is 19.5 Å². The van der Waals surface area contributed by atoms with Crippen LogP contribution in [-0.4, -0.2) is 24.7 Å². The molecule has 1 aliphatic rings. The molecule has 0 spiro atoms. The van der Waals surface area contributed by atoms with Crippen LogP contribution in [0.3, 0.4) is 0 Å². The molecule has 1 aliphatic heterocycles. The minimum Gasteiger partial charge on any atom is -0.494 e. The van der Waals surface area contributed by atoms with Crippen LogP contribution in [0.5, 0.6) is 17.2 Å². The minimum absolute atomic E-state index is 0.148. The Morgan fingerprint density at radius 1 is 1.36 bits per heavy atom. The molecule has 0 fully saturated rings. The van der Waals surface area contributed by atoms with Gasteiger partial charge in [-0.1, -0.05) is 0 Å². The van der Waals surface area contributed by atoms with Gasteiger partial charge >= 0.3 is 0 Å². The lowest BCUT2D eigenvalue weighted by molar-refractivity contribution is -0.127. The van der Waals surface area contributed by atoms with Crippen LogP contribution in [0.15, 0.2) is 36.4 Å². The number of nitrogens with zero attached hydrogens (tertiary/aromatic N) is 1. The van der Waals surface area contributed by atoms with E-state index < -0.39 is 6.10 Å². The quantitative estimate of drug-likeness (QED) is 0.797. The number of ether oxygens (including phenoxy) is 3. The van der Waals surface area contributed by atoms with Gasteiger partial charge in [0.25, 0.3) is 5.91 Å². The molecule has 2 aromatic rings. The Bertz CT molecular complexity index is 887. The fourth-order valence-electron chi connectivity index (χ4n) is 3.10. The number of carbonyl (C=O) groups is 1. The molecular weight excluding hydrogens is 356 g/mol. The Labute approximate surface area is 165 Å². The number of carbonyl (C=O) groups excluding carboxylic acids is 1. The zero-order valence-electron chi connectivity index (χ0n) is 16.3. The highest BCUT2D eigenvalue weighted by Crippen LogP contribution is 2.35. The molecule has 1 heterocycles. The number of rotatable bonds is 7. The van der Waals surface area contributed by atoms with E-state index in [1.165, 1.54) is 0 Å². The highest BCUT2D eigenvalue weighted by atomic mass is 16.5. The maximum Gasteiger partial charge on any atom is 0.261 e. The number of hydrogen-bond donors (Lipinski definition) is 1. The summed E-state index contributed by atoms with van der Waals surface area (Å²) >= 11 is 0. The third-order valence-electron chi connectivity index (χ3n) is 4.50. The molecule has 6 heteroatoms. The van der Waals surface area contributed by atoms with Crippen molar-refractivity contribution in [2.45, 2.75) is 45.9 Å². The van der Waals surface area contributed by atoms with Crippen LogP contribution < -0.4 is 19.5 Å². The first kappa shape index (κ1) is 19.6. The standard InChI is InChI=1S/C22H24N2O4/c1-4-26-20-10-17-9-14(2)27-21(17)11-18(20)13-24-22(25)15(3)28-19-7-5-16(12-23)6-8-19/h5-8,10-11,14-15H,4,9,13H2,1-3H3,(H,24,25). The van der Waals surface area contributed by atoms with Gasteiger partial charge in [0.05, 0.1) is 18.2 Å². The molecule has 1 N–H and O–H groups in total. The van der Waals surface area contributed by atoms with Crippen molar-refractivity contribution in [2.75, 3.05) is 6.61 Å². The minimum atomic E-state index is -0.672. The van der Waals surface area contributed by atoms with Gasteiger partial charge < -0.3 is 19.5 Å². The zero-order valence-corrected chi connectivity index (χ0v) is 16.3. The lowest BCUT2D eigenvalue weighted by Gasteiger charge is -2.16. The van der Waals surface area contributed by atoms with Gasteiger partial charge in [-0.05, 0) is 57.2 Å². The predicted molar refractivity (Wildman–Crippen MR) is 104 cm³/mol. The first-order chi connectivity index (χ1) is 13.5. The molecule has 2 aromatic carbocycles. The largest absolute Gasteiger partial charge is 0.494 e. The van der Waals surface area contributed by atoms with E-state index in [1.54, 1.807) is 31.2 Å².